The highest BCUT2D eigenvalue weighted by atomic mass is 14.7. The van der Waals surface area contributed by atoms with E-state index in [9.17, 15) is 0 Å². The zero-order chi connectivity index (χ0) is 8.81. The molecule has 0 bridgehead atoms. The molecule has 3 nitrogen and oxygen atoms in total. The molecule has 0 saturated carbocycles. The van der Waals surface area contributed by atoms with Crippen LogP contribution in [0, 0.1) is 0 Å². The fourth-order valence-electron chi connectivity index (χ4n) is 0.863. The first-order valence-electron chi connectivity index (χ1n) is 3.90. The Morgan fingerprint density at radius 1 is 1.50 bits per heavy atom. The van der Waals surface area contributed by atoms with Gasteiger partial charge < -0.3 is 11.5 Å². The molecule has 0 spiro atoms. The highest BCUT2D eigenvalue weighted by molar-refractivity contribution is 5.62. The number of pyridine rings is 1. The van der Waals surface area contributed by atoms with Crippen LogP contribution < -0.4 is 11.5 Å². The van der Waals surface area contributed by atoms with Crippen LogP contribution in [0.25, 0.3) is 6.08 Å². The fourth-order valence-corrected chi connectivity index (χ4v) is 0.863. The van der Waals surface area contributed by atoms with E-state index in [4.69, 9.17) is 11.5 Å². The van der Waals surface area contributed by atoms with Crippen molar-refractivity contribution in [3.05, 3.63) is 30.1 Å². The standard InChI is InChI=1S/C9H13N3/c10-5-2-1-3-8-7-12-6-4-9(8)11/h1,3-4,6-7H,2,5,10H2,(H2,11,12). The van der Waals surface area contributed by atoms with Gasteiger partial charge in [0.2, 0.25) is 0 Å². The van der Waals surface area contributed by atoms with E-state index in [0.717, 1.165) is 17.7 Å². The Bertz CT molecular complexity index is 268. The van der Waals surface area contributed by atoms with Gasteiger partial charge >= 0.3 is 0 Å². The van der Waals surface area contributed by atoms with Gasteiger partial charge in [0.25, 0.3) is 0 Å². The minimum Gasteiger partial charge on any atom is -0.398 e. The van der Waals surface area contributed by atoms with Crippen molar-refractivity contribution in [1.29, 1.82) is 0 Å². The molecule has 12 heavy (non-hydrogen) atoms. The van der Waals surface area contributed by atoms with Gasteiger partial charge in [-0.25, -0.2) is 0 Å². The van der Waals surface area contributed by atoms with E-state index < -0.39 is 0 Å². The Morgan fingerprint density at radius 2 is 2.33 bits per heavy atom. The van der Waals surface area contributed by atoms with Crippen LogP contribution in [-0.4, -0.2) is 11.5 Å². The minimum atomic E-state index is 0.663. The molecule has 4 N–H and O–H groups in total. The number of rotatable bonds is 3. The summed E-state index contributed by atoms with van der Waals surface area (Å²) in [4.78, 5) is 3.96. The predicted molar refractivity (Wildman–Crippen MR) is 51.4 cm³/mol. The molecule has 0 aromatic carbocycles. The minimum absolute atomic E-state index is 0.663. The summed E-state index contributed by atoms with van der Waals surface area (Å²) in [7, 11) is 0. The smallest absolute Gasteiger partial charge is 0.0418 e. The van der Waals surface area contributed by atoms with E-state index in [-0.39, 0.29) is 0 Å². The van der Waals surface area contributed by atoms with Gasteiger partial charge in [-0.1, -0.05) is 12.2 Å². The van der Waals surface area contributed by atoms with Crippen LogP contribution in [0.15, 0.2) is 24.5 Å². The second kappa shape index (κ2) is 4.51. The molecule has 3 heteroatoms. The van der Waals surface area contributed by atoms with Gasteiger partial charge in [-0.05, 0) is 19.0 Å². The molecule has 0 aliphatic carbocycles. The molecule has 0 atom stereocenters. The highest BCUT2D eigenvalue weighted by Gasteiger charge is 1.90. The first-order valence-corrected chi connectivity index (χ1v) is 3.90. The molecule has 64 valence electrons. The van der Waals surface area contributed by atoms with Gasteiger partial charge in [-0.3, -0.25) is 4.98 Å². The van der Waals surface area contributed by atoms with Crippen molar-refractivity contribution in [2.45, 2.75) is 6.42 Å². The molecule has 0 radical (unpaired) electrons. The lowest BCUT2D eigenvalue weighted by molar-refractivity contribution is 1.01. The van der Waals surface area contributed by atoms with Crippen LogP contribution in [-0.2, 0) is 0 Å². The second-order valence-electron chi connectivity index (χ2n) is 2.48. The lowest BCUT2D eigenvalue weighted by atomic mass is 10.2. The van der Waals surface area contributed by atoms with E-state index in [1.54, 1.807) is 18.5 Å². The molecule has 0 amide bonds. The monoisotopic (exact) mass is 163 g/mol. The molecule has 0 fully saturated rings. The summed E-state index contributed by atoms with van der Waals surface area (Å²) < 4.78 is 0. The zero-order valence-electron chi connectivity index (χ0n) is 6.90. The molecular weight excluding hydrogens is 150 g/mol. The molecule has 0 aliphatic heterocycles. The average Bonchev–Trinajstić information content (AvgIpc) is 2.09. The van der Waals surface area contributed by atoms with Gasteiger partial charge in [-0.2, -0.15) is 0 Å². The predicted octanol–water partition coefficient (Wildman–Crippen LogP) is 1.03. The van der Waals surface area contributed by atoms with E-state index >= 15 is 0 Å². The molecule has 0 saturated heterocycles. The summed E-state index contributed by atoms with van der Waals surface area (Å²) in [6.07, 6.45) is 8.22. The van der Waals surface area contributed by atoms with Crippen molar-refractivity contribution in [1.82, 2.24) is 4.98 Å². The lowest BCUT2D eigenvalue weighted by Gasteiger charge is -1.96. The quantitative estimate of drug-likeness (QED) is 0.699. The van der Waals surface area contributed by atoms with Gasteiger partial charge in [0.15, 0.2) is 0 Å². The van der Waals surface area contributed by atoms with Crippen LogP contribution in [0.4, 0.5) is 5.69 Å². The summed E-state index contributed by atoms with van der Waals surface area (Å²) in [5.41, 5.74) is 12.7. The summed E-state index contributed by atoms with van der Waals surface area (Å²) in [5, 5.41) is 0. The second-order valence-corrected chi connectivity index (χ2v) is 2.48. The number of aromatic nitrogens is 1. The highest BCUT2D eigenvalue weighted by Crippen LogP contribution is 2.10. The Kier molecular flexibility index (Phi) is 3.29. The Labute approximate surface area is 72.1 Å². The number of nitrogens with zero attached hydrogens (tertiary/aromatic N) is 1. The van der Waals surface area contributed by atoms with Crippen LogP contribution >= 0.6 is 0 Å². The molecule has 0 aliphatic rings. The van der Waals surface area contributed by atoms with Gasteiger partial charge in [0, 0.05) is 23.6 Å². The summed E-state index contributed by atoms with van der Waals surface area (Å²) in [5.74, 6) is 0. The molecule has 1 aromatic rings. The lowest BCUT2D eigenvalue weighted by Crippen LogP contribution is -1.95. The normalized spacial score (nSPS) is 10.8. The largest absolute Gasteiger partial charge is 0.398 e. The maximum atomic E-state index is 5.68. The van der Waals surface area contributed by atoms with E-state index in [1.165, 1.54) is 0 Å². The Morgan fingerprint density at radius 3 is 3.00 bits per heavy atom. The van der Waals surface area contributed by atoms with Gasteiger partial charge in [0.1, 0.15) is 0 Å². The Hall–Kier alpha value is -1.35. The average molecular weight is 163 g/mol. The van der Waals surface area contributed by atoms with Crippen LogP contribution in [0.3, 0.4) is 0 Å². The van der Waals surface area contributed by atoms with Gasteiger partial charge in [-0.15, -0.1) is 0 Å². The van der Waals surface area contributed by atoms with Crippen molar-refractivity contribution in [2.24, 2.45) is 5.73 Å². The maximum absolute atomic E-state index is 5.68. The van der Waals surface area contributed by atoms with Gasteiger partial charge in [0.05, 0.1) is 0 Å². The van der Waals surface area contributed by atoms with E-state index in [2.05, 4.69) is 4.98 Å². The molecule has 1 aromatic heterocycles. The fraction of sp³-hybridized carbons (Fsp3) is 0.222. The van der Waals surface area contributed by atoms with Crippen LogP contribution in [0.5, 0.6) is 0 Å². The summed E-state index contributed by atoms with van der Waals surface area (Å²) in [6.45, 7) is 0.663. The van der Waals surface area contributed by atoms with E-state index in [0.29, 0.717) is 6.54 Å². The third-order valence-electron chi connectivity index (χ3n) is 1.52. The van der Waals surface area contributed by atoms with Crippen molar-refractivity contribution in [3.63, 3.8) is 0 Å². The molecule has 1 rings (SSSR count). The zero-order valence-corrected chi connectivity index (χ0v) is 6.90. The molecular formula is C9H13N3. The topological polar surface area (TPSA) is 64.9 Å². The summed E-state index contributed by atoms with van der Waals surface area (Å²) in [6, 6.07) is 1.78. The van der Waals surface area contributed by atoms with Crippen molar-refractivity contribution >= 4 is 11.8 Å². The number of hydrogen-bond donors (Lipinski definition) is 2. The third kappa shape index (κ3) is 2.36. The number of nitrogens with two attached hydrogens (primary N) is 2. The third-order valence-corrected chi connectivity index (χ3v) is 1.52. The first-order chi connectivity index (χ1) is 5.84. The maximum Gasteiger partial charge on any atom is 0.0418 e. The van der Waals surface area contributed by atoms with Crippen molar-refractivity contribution in [3.8, 4) is 0 Å². The van der Waals surface area contributed by atoms with Crippen molar-refractivity contribution < 1.29 is 0 Å². The number of nitrogen functional groups attached to an aromatic ring is 1. The Balaban J connectivity index is 2.68. The van der Waals surface area contributed by atoms with Crippen molar-refractivity contribution in [2.75, 3.05) is 12.3 Å². The number of anilines is 1. The van der Waals surface area contributed by atoms with Crippen LogP contribution in [0.1, 0.15) is 12.0 Å². The molecule has 0 unspecified atom stereocenters. The van der Waals surface area contributed by atoms with E-state index in [1.807, 2.05) is 12.2 Å². The number of hydrogen-bond acceptors (Lipinski definition) is 3. The SMILES string of the molecule is NCCC=Cc1cnccc1N. The summed E-state index contributed by atoms with van der Waals surface area (Å²) >= 11 is 0. The first kappa shape index (κ1) is 8.74. The molecule has 1 heterocycles. The van der Waals surface area contributed by atoms with Crippen LogP contribution in [0.2, 0.25) is 0 Å².